The van der Waals surface area contributed by atoms with Crippen LogP contribution in [0.15, 0.2) is 4.99 Å². The Kier molecular flexibility index (Phi) is 5.12. The summed E-state index contributed by atoms with van der Waals surface area (Å²) >= 11 is 0. The Balaban J connectivity index is 0.00000120. The number of halogens is 1. The fourth-order valence-electron chi connectivity index (χ4n) is 3.06. The number of piperidine rings is 1. The number of nitrogens with zero attached hydrogens (tertiary/aromatic N) is 3. The van der Waals surface area contributed by atoms with Gasteiger partial charge in [-0.05, 0) is 32.2 Å². The second kappa shape index (κ2) is 6.41. The lowest BCUT2D eigenvalue weighted by atomic mass is 10.0. The summed E-state index contributed by atoms with van der Waals surface area (Å²) in [6, 6.07) is 1.65. The van der Waals surface area contributed by atoms with Gasteiger partial charge in [0.05, 0.1) is 6.54 Å². The van der Waals surface area contributed by atoms with Gasteiger partial charge in [0, 0.05) is 32.2 Å². The third-order valence-corrected chi connectivity index (χ3v) is 4.24. The summed E-state index contributed by atoms with van der Waals surface area (Å²) in [4.78, 5) is 9.47. The molecule has 1 atom stereocenters. The molecule has 1 saturated carbocycles. The molecule has 3 aliphatic rings. The molecule has 0 radical (unpaired) electrons. The van der Waals surface area contributed by atoms with Gasteiger partial charge in [-0.1, -0.05) is 6.42 Å². The van der Waals surface area contributed by atoms with Crippen LogP contribution in [0.1, 0.15) is 32.1 Å². The standard InChI is InChI=1S/C13H24N4.HI/c1-16-9-7-14-13(16)15-10-12-4-2-3-8-17(12)11-5-6-11;/h11-12H,2-10H2,1H3,(H,14,15);1H. The van der Waals surface area contributed by atoms with Crippen molar-refractivity contribution in [1.82, 2.24) is 15.1 Å². The van der Waals surface area contributed by atoms with Crippen LogP contribution in [0.3, 0.4) is 0 Å². The summed E-state index contributed by atoms with van der Waals surface area (Å²) in [5, 5.41) is 3.55. The third kappa shape index (κ3) is 3.29. The van der Waals surface area contributed by atoms with Gasteiger partial charge in [-0.25, -0.2) is 0 Å². The van der Waals surface area contributed by atoms with E-state index in [9.17, 15) is 0 Å². The van der Waals surface area contributed by atoms with Crippen molar-refractivity contribution in [3.05, 3.63) is 0 Å². The number of hydrogen-bond acceptors (Lipinski definition) is 4. The Hall–Kier alpha value is -0.0400. The van der Waals surface area contributed by atoms with Crippen molar-refractivity contribution < 1.29 is 0 Å². The van der Waals surface area contributed by atoms with Crippen molar-refractivity contribution in [2.45, 2.75) is 44.2 Å². The maximum Gasteiger partial charge on any atom is 0.193 e. The van der Waals surface area contributed by atoms with Gasteiger partial charge in [0.1, 0.15) is 0 Å². The van der Waals surface area contributed by atoms with Crippen LogP contribution >= 0.6 is 24.0 Å². The van der Waals surface area contributed by atoms with E-state index in [4.69, 9.17) is 0 Å². The van der Waals surface area contributed by atoms with Gasteiger partial charge < -0.3 is 10.2 Å². The van der Waals surface area contributed by atoms with Crippen LogP contribution in [0, 0.1) is 0 Å². The summed E-state index contributed by atoms with van der Waals surface area (Å²) in [6.45, 7) is 4.42. The maximum atomic E-state index is 4.50. The molecule has 5 heteroatoms. The Morgan fingerprint density at radius 1 is 1.22 bits per heavy atom. The lowest BCUT2D eigenvalue weighted by Gasteiger charge is -2.36. The van der Waals surface area contributed by atoms with Gasteiger partial charge in [-0.15, -0.1) is 24.0 Å². The predicted molar refractivity (Wildman–Crippen MR) is 85.7 cm³/mol. The molecule has 1 saturated heterocycles. The summed E-state index contributed by atoms with van der Waals surface area (Å²) in [5.74, 6) is 1.10. The van der Waals surface area contributed by atoms with Gasteiger partial charge in [0.25, 0.3) is 0 Å². The van der Waals surface area contributed by atoms with Crippen molar-refractivity contribution in [3.8, 4) is 0 Å². The first-order chi connectivity index (χ1) is 8.34. The molecular weight excluding hydrogens is 339 g/mol. The summed E-state index contributed by atoms with van der Waals surface area (Å²) < 4.78 is 0. The molecule has 18 heavy (non-hydrogen) atoms. The monoisotopic (exact) mass is 364 g/mol. The molecule has 2 heterocycles. The second-order valence-electron chi connectivity index (χ2n) is 5.63. The summed E-state index contributed by atoms with van der Waals surface area (Å²) in [7, 11) is 2.12. The van der Waals surface area contributed by atoms with Crippen LogP contribution in [0.25, 0.3) is 0 Å². The van der Waals surface area contributed by atoms with Crippen molar-refractivity contribution in [3.63, 3.8) is 0 Å². The average Bonchev–Trinajstić information content (AvgIpc) is 3.11. The molecule has 0 aromatic carbocycles. The molecule has 2 aliphatic heterocycles. The lowest BCUT2D eigenvalue weighted by Crippen LogP contribution is -2.49. The Labute approximate surface area is 127 Å². The molecule has 0 bridgehead atoms. The zero-order chi connectivity index (χ0) is 11.7. The second-order valence-corrected chi connectivity index (χ2v) is 5.63. The molecule has 0 spiro atoms. The highest BCUT2D eigenvalue weighted by atomic mass is 127. The van der Waals surface area contributed by atoms with Gasteiger partial charge in [0.15, 0.2) is 5.96 Å². The minimum Gasteiger partial charge on any atom is -0.355 e. The number of aliphatic imine (C=N–C) groups is 1. The number of guanidine groups is 1. The maximum absolute atomic E-state index is 4.50. The predicted octanol–water partition coefficient (Wildman–Crippen LogP) is 1.51. The molecule has 0 aromatic rings. The van der Waals surface area contributed by atoms with E-state index in [1.54, 1.807) is 0 Å². The normalized spacial score (nSPS) is 28.8. The van der Waals surface area contributed by atoms with Crippen LogP contribution in [-0.2, 0) is 0 Å². The van der Waals surface area contributed by atoms with Gasteiger partial charge in [0.2, 0.25) is 0 Å². The molecule has 104 valence electrons. The smallest absolute Gasteiger partial charge is 0.193 e. The van der Waals surface area contributed by atoms with Crippen LogP contribution in [0.2, 0.25) is 0 Å². The average molecular weight is 364 g/mol. The summed E-state index contributed by atoms with van der Waals surface area (Å²) in [5.41, 5.74) is 0. The highest BCUT2D eigenvalue weighted by molar-refractivity contribution is 14.0. The first-order valence-electron chi connectivity index (χ1n) is 7.10. The Morgan fingerprint density at radius 2 is 2.06 bits per heavy atom. The molecule has 1 N–H and O–H groups in total. The van der Waals surface area contributed by atoms with E-state index in [0.717, 1.165) is 37.7 Å². The number of hydrogen-bond donors (Lipinski definition) is 1. The van der Waals surface area contributed by atoms with E-state index in [-0.39, 0.29) is 24.0 Å². The van der Waals surface area contributed by atoms with Crippen LogP contribution in [0.5, 0.6) is 0 Å². The van der Waals surface area contributed by atoms with Crippen molar-refractivity contribution in [1.29, 1.82) is 0 Å². The highest BCUT2D eigenvalue weighted by Gasteiger charge is 2.35. The van der Waals surface area contributed by atoms with Gasteiger partial charge >= 0.3 is 0 Å². The quantitative estimate of drug-likeness (QED) is 0.771. The molecular formula is C13H25IN4. The SMILES string of the molecule is CN1CCN=C1NCC1CCCCN1C1CC1.I. The minimum atomic E-state index is 0. The number of likely N-dealkylation sites (tertiary alicyclic amines) is 1. The van der Waals surface area contributed by atoms with Crippen molar-refractivity contribution in [2.24, 2.45) is 4.99 Å². The molecule has 0 aromatic heterocycles. The molecule has 2 fully saturated rings. The van der Waals surface area contributed by atoms with Crippen LogP contribution in [-0.4, -0.2) is 61.1 Å². The number of likely N-dealkylation sites (N-methyl/N-ethyl adjacent to an activating group) is 1. The van der Waals surface area contributed by atoms with Gasteiger partial charge in [-0.2, -0.15) is 0 Å². The van der Waals surface area contributed by atoms with E-state index in [0.29, 0.717) is 0 Å². The molecule has 1 unspecified atom stereocenters. The lowest BCUT2D eigenvalue weighted by molar-refractivity contribution is 0.140. The largest absolute Gasteiger partial charge is 0.355 e. The first-order valence-corrected chi connectivity index (χ1v) is 7.10. The molecule has 1 aliphatic carbocycles. The van der Waals surface area contributed by atoms with E-state index in [1.165, 1.54) is 38.6 Å². The van der Waals surface area contributed by atoms with E-state index < -0.39 is 0 Å². The highest BCUT2D eigenvalue weighted by Crippen LogP contribution is 2.32. The Morgan fingerprint density at radius 3 is 2.72 bits per heavy atom. The topological polar surface area (TPSA) is 30.9 Å². The van der Waals surface area contributed by atoms with E-state index >= 15 is 0 Å². The van der Waals surface area contributed by atoms with Crippen molar-refractivity contribution in [2.75, 3.05) is 33.2 Å². The number of rotatable bonds is 3. The van der Waals surface area contributed by atoms with Gasteiger partial charge in [-0.3, -0.25) is 9.89 Å². The number of nitrogens with one attached hydrogen (secondary N) is 1. The molecule has 3 rings (SSSR count). The zero-order valence-corrected chi connectivity index (χ0v) is 13.6. The fraction of sp³-hybridized carbons (Fsp3) is 0.923. The summed E-state index contributed by atoms with van der Waals surface area (Å²) in [6.07, 6.45) is 7.01. The van der Waals surface area contributed by atoms with E-state index in [1.807, 2.05) is 0 Å². The van der Waals surface area contributed by atoms with Crippen LogP contribution < -0.4 is 5.32 Å². The fourth-order valence-corrected chi connectivity index (χ4v) is 3.06. The Bertz CT molecular complexity index is 303. The van der Waals surface area contributed by atoms with E-state index in [2.05, 4.69) is 27.2 Å². The molecule has 0 amide bonds. The minimum absolute atomic E-state index is 0. The first kappa shape index (κ1) is 14.4. The molecule has 4 nitrogen and oxygen atoms in total. The van der Waals surface area contributed by atoms with Crippen molar-refractivity contribution >= 4 is 29.9 Å². The zero-order valence-electron chi connectivity index (χ0n) is 11.3. The third-order valence-electron chi connectivity index (χ3n) is 4.24. The van der Waals surface area contributed by atoms with Crippen LogP contribution in [0.4, 0.5) is 0 Å².